The number of fused-ring (bicyclic) bond motifs is 1. The normalized spacial score (nSPS) is 12.3. The van der Waals surface area contributed by atoms with Crippen LogP contribution in [0.4, 0.5) is 5.69 Å². The molecule has 1 aliphatic heterocycles. The molecule has 1 heterocycles. The number of ether oxygens (including phenoxy) is 4. The number of amides is 1. The smallest absolute Gasteiger partial charge is 0.307 e. The Morgan fingerprint density at radius 1 is 1.27 bits per heavy atom. The molecule has 0 aliphatic carbocycles. The zero-order chi connectivity index (χ0) is 21.5. The first kappa shape index (κ1) is 21.1. The summed E-state index contributed by atoms with van der Waals surface area (Å²) in [6, 6.07) is 9.40. The maximum absolute atomic E-state index is 12.2. The predicted octanol–water partition coefficient (Wildman–Crippen LogP) is 2.33. The van der Waals surface area contributed by atoms with E-state index in [1.54, 1.807) is 24.3 Å². The van der Waals surface area contributed by atoms with Crippen molar-refractivity contribution in [1.82, 2.24) is 5.32 Å². The van der Waals surface area contributed by atoms with Gasteiger partial charge in [-0.15, -0.1) is 0 Å². The van der Waals surface area contributed by atoms with E-state index in [9.17, 15) is 19.7 Å². The van der Waals surface area contributed by atoms with Crippen LogP contribution in [-0.2, 0) is 27.5 Å². The van der Waals surface area contributed by atoms with Gasteiger partial charge in [0.2, 0.25) is 0 Å². The minimum atomic E-state index is -0.567. The fourth-order valence-electron chi connectivity index (χ4n) is 2.93. The number of nitrogens with one attached hydrogen (secondary N) is 1. The van der Waals surface area contributed by atoms with E-state index in [-0.39, 0.29) is 44.6 Å². The number of methoxy groups -OCH3 is 1. The van der Waals surface area contributed by atoms with Crippen LogP contribution in [0.3, 0.4) is 0 Å². The van der Waals surface area contributed by atoms with Crippen LogP contribution in [0, 0.1) is 10.1 Å². The van der Waals surface area contributed by atoms with Crippen LogP contribution in [0.5, 0.6) is 11.5 Å². The summed E-state index contributed by atoms with van der Waals surface area (Å²) < 4.78 is 20.9. The minimum Gasteiger partial charge on any atom is -0.496 e. The van der Waals surface area contributed by atoms with Gasteiger partial charge in [0.25, 0.3) is 11.6 Å². The van der Waals surface area contributed by atoms with Crippen LogP contribution >= 0.6 is 0 Å². The van der Waals surface area contributed by atoms with Crippen molar-refractivity contribution in [3.05, 3.63) is 63.2 Å². The third-order valence-electron chi connectivity index (χ3n) is 4.34. The van der Waals surface area contributed by atoms with Gasteiger partial charge in [-0.1, -0.05) is 12.1 Å². The predicted molar refractivity (Wildman–Crippen MR) is 103 cm³/mol. The van der Waals surface area contributed by atoms with E-state index in [2.05, 4.69) is 5.32 Å². The van der Waals surface area contributed by atoms with Crippen molar-refractivity contribution >= 4 is 17.6 Å². The molecule has 1 N–H and O–H groups in total. The fourth-order valence-corrected chi connectivity index (χ4v) is 2.93. The number of nitro benzene ring substituents is 1. The van der Waals surface area contributed by atoms with E-state index in [1.807, 2.05) is 0 Å². The molecule has 30 heavy (non-hydrogen) atoms. The van der Waals surface area contributed by atoms with E-state index in [4.69, 9.17) is 18.9 Å². The molecule has 10 nitrogen and oxygen atoms in total. The van der Waals surface area contributed by atoms with Crippen LogP contribution in [0.2, 0.25) is 0 Å². The van der Waals surface area contributed by atoms with Gasteiger partial charge in [-0.25, -0.2) is 0 Å². The molecule has 0 aromatic heterocycles. The molecule has 0 radical (unpaired) electrons. The maximum atomic E-state index is 12.2. The van der Waals surface area contributed by atoms with E-state index >= 15 is 0 Å². The summed E-state index contributed by atoms with van der Waals surface area (Å²) >= 11 is 0. The Balaban J connectivity index is 1.54. The molecular formula is C20H20N2O8. The minimum absolute atomic E-state index is 0.0146. The average molecular weight is 416 g/mol. The molecule has 0 spiro atoms. The van der Waals surface area contributed by atoms with Crippen molar-refractivity contribution in [2.45, 2.75) is 19.6 Å². The highest BCUT2D eigenvalue weighted by Crippen LogP contribution is 2.33. The molecular weight excluding hydrogens is 396 g/mol. The molecule has 10 heteroatoms. The van der Waals surface area contributed by atoms with Gasteiger partial charge in [-0.2, -0.15) is 0 Å². The molecule has 0 atom stereocenters. The molecule has 3 rings (SSSR count). The average Bonchev–Trinajstić information content (AvgIpc) is 2.77. The lowest BCUT2D eigenvalue weighted by Gasteiger charge is -2.20. The summed E-state index contributed by atoms with van der Waals surface area (Å²) in [6.07, 6.45) is -0.0675. The number of non-ortho nitro benzene ring substituents is 1. The largest absolute Gasteiger partial charge is 0.496 e. The van der Waals surface area contributed by atoms with Gasteiger partial charge in [-0.05, 0) is 12.1 Å². The van der Waals surface area contributed by atoms with Crippen LogP contribution in [0.25, 0.3) is 0 Å². The number of esters is 1. The number of benzene rings is 2. The Morgan fingerprint density at radius 2 is 2.07 bits per heavy atom. The summed E-state index contributed by atoms with van der Waals surface area (Å²) in [5, 5.41) is 13.7. The van der Waals surface area contributed by atoms with Gasteiger partial charge < -0.3 is 24.3 Å². The second kappa shape index (κ2) is 9.70. The van der Waals surface area contributed by atoms with E-state index in [0.29, 0.717) is 28.2 Å². The Hall–Kier alpha value is -3.66. The standard InChI is InChI=1S/C20H20N2O8/c1-27-17-5-3-2-4-16(17)20(24)21-7-6-18(23)29-11-14-9-15(22(25)26)8-13-10-28-12-30-19(13)14/h2-5,8-9H,6-7,10-12H2,1H3,(H,21,24). The van der Waals surface area contributed by atoms with Crippen LogP contribution in [0.15, 0.2) is 36.4 Å². The van der Waals surface area contributed by atoms with Gasteiger partial charge in [0.1, 0.15) is 18.1 Å². The number of para-hydroxylation sites is 1. The molecule has 0 saturated heterocycles. The van der Waals surface area contributed by atoms with E-state index < -0.39 is 10.9 Å². The van der Waals surface area contributed by atoms with Gasteiger partial charge >= 0.3 is 5.97 Å². The lowest BCUT2D eigenvalue weighted by atomic mass is 10.1. The van der Waals surface area contributed by atoms with E-state index in [0.717, 1.165) is 0 Å². The number of nitrogens with zero attached hydrogens (tertiary/aromatic N) is 1. The first-order chi connectivity index (χ1) is 14.5. The number of carbonyl (C=O) groups is 2. The third-order valence-corrected chi connectivity index (χ3v) is 4.34. The number of hydrogen-bond acceptors (Lipinski definition) is 8. The number of nitro groups is 1. The number of carbonyl (C=O) groups excluding carboxylic acids is 2. The fraction of sp³-hybridized carbons (Fsp3) is 0.300. The quantitative estimate of drug-likeness (QED) is 0.395. The van der Waals surface area contributed by atoms with E-state index in [1.165, 1.54) is 19.2 Å². The Morgan fingerprint density at radius 3 is 2.83 bits per heavy atom. The second-order valence-electron chi connectivity index (χ2n) is 6.33. The summed E-state index contributed by atoms with van der Waals surface area (Å²) in [4.78, 5) is 34.8. The first-order valence-corrected chi connectivity index (χ1v) is 9.07. The molecule has 0 fully saturated rings. The van der Waals surface area contributed by atoms with Gasteiger partial charge in [0.05, 0.1) is 30.6 Å². The summed E-state index contributed by atoms with van der Waals surface area (Å²) in [7, 11) is 1.46. The SMILES string of the molecule is COc1ccccc1C(=O)NCCC(=O)OCc1cc([N+](=O)[O-])cc2c1OCOC2. The molecule has 0 bridgehead atoms. The van der Waals surface area contributed by atoms with Crippen LogP contribution in [-0.4, -0.2) is 37.2 Å². The van der Waals surface area contributed by atoms with Crippen molar-refractivity contribution in [2.24, 2.45) is 0 Å². The molecule has 2 aromatic carbocycles. The zero-order valence-electron chi connectivity index (χ0n) is 16.2. The summed E-state index contributed by atoms with van der Waals surface area (Å²) in [6.45, 7) is 0.0596. The molecule has 158 valence electrons. The molecule has 0 unspecified atom stereocenters. The second-order valence-corrected chi connectivity index (χ2v) is 6.33. The first-order valence-electron chi connectivity index (χ1n) is 9.07. The van der Waals surface area contributed by atoms with Gasteiger partial charge in [0, 0.05) is 29.8 Å². The maximum Gasteiger partial charge on any atom is 0.307 e. The van der Waals surface area contributed by atoms with Crippen LogP contribution in [0.1, 0.15) is 27.9 Å². The molecule has 2 aromatic rings. The molecule has 1 amide bonds. The van der Waals surface area contributed by atoms with Crippen molar-refractivity contribution < 1.29 is 33.5 Å². The van der Waals surface area contributed by atoms with Gasteiger partial charge in [0.15, 0.2) is 6.79 Å². The molecule has 1 aliphatic rings. The Labute approximate surface area is 171 Å². The van der Waals surface area contributed by atoms with Crippen molar-refractivity contribution in [3.8, 4) is 11.5 Å². The van der Waals surface area contributed by atoms with Crippen molar-refractivity contribution in [2.75, 3.05) is 20.4 Å². The lowest BCUT2D eigenvalue weighted by molar-refractivity contribution is -0.385. The number of hydrogen-bond donors (Lipinski definition) is 1. The summed E-state index contributed by atoms with van der Waals surface area (Å²) in [5.41, 5.74) is 1.12. The van der Waals surface area contributed by atoms with Crippen molar-refractivity contribution in [1.29, 1.82) is 0 Å². The van der Waals surface area contributed by atoms with Gasteiger partial charge in [-0.3, -0.25) is 19.7 Å². The summed E-state index contributed by atoms with van der Waals surface area (Å²) in [5.74, 6) is -0.0924. The Bertz CT molecular complexity index is 960. The topological polar surface area (TPSA) is 126 Å². The highest BCUT2D eigenvalue weighted by molar-refractivity contribution is 5.97. The highest BCUT2D eigenvalue weighted by Gasteiger charge is 2.22. The lowest BCUT2D eigenvalue weighted by Crippen LogP contribution is -2.27. The van der Waals surface area contributed by atoms with Crippen molar-refractivity contribution in [3.63, 3.8) is 0 Å². The number of rotatable bonds is 8. The van der Waals surface area contributed by atoms with Crippen LogP contribution < -0.4 is 14.8 Å². The highest BCUT2D eigenvalue weighted by atomic mass is 16.7. The zero-order valence-corrected chi connectivity index (χ0v) is 16.2. The molecule has 0 saturated carbocycles. The Kier molecular flexibility index (Phi) is 6.81. The monoisotopic (exact) mass is 416 g/mol. The third kappa shape index (κ3) is 5.03.